The number of amides is 1. The Morgan fingerprint density at radius 1 is 1.32 bits per heavy atom. The van der Waals surface area contributed by atoms with Crippen LogP contribution in [-0.2, 0) is 0 Å². The predicted octanol–water partition coefficient (Wildman–Crippen LogP) is 1.91. The highest BCUT2D eigenvalue weighted by Crippen LogP contribution is 2.23. The lowest BCUT2D eigenvalue weighted by atomic mass is 10.1. The summed E-state index contributed by atoms with van der Waals surface area (Å²) in [5, 5.41) is 0. The van der Waals surface area contributed by atoms with Gasteiger partial charge in [-0.2, -0.15) is 0 Å². The molecule has 2 N–H and O–H groups in total. The number of rotatable bonds is 3. The molecule has 1 atom stereocenters. The fraction of sp³-hybridized carbons (Fsp3) is 0.462. The van der Waals surface area contributed by atoms with E-state index in [-0.39, 0.29) is 0 Å². The van der Waals surface area contributed by atoms with E-state index in [1.165, 1.54) is 4.90 Å². The van der Waals surface area contributed by atoms with Crippen LogP contribution < -0.4 is 5.73 Å². The van der Waals surface area contributed by atoms with Gasteiger partial charge < -0.3 is 10.6 Å². The molecule has 19 heavy (non-hydrogen) atoms. The van der Waals surface area contributed by atoms with Gasteiger partial charge in [0.2, 0.25) is 0 Å². The van der Waals surface area contributed by atoms with E-state index in [1.54, 1.807) is 0 Å². The Labute approximate surface area is 109 Å². The van der Waals surface area contributed by atoms with Crippen LogP contribution in [0, 0.1) is 23.4 Å². The number of hydrogen-bond acceptors (Lipinski definition) is 2. The molecular weight excluding hydrogens is 257 g/mol. The molecule has 0 radical (unpaired) electrons. The summed E-state index contributed by atoms with van der Waals surface area (Å²) < 4.78 is 39.4. The maximum absolute atomic E-state index is 13.5. The van der Waals surface area contributed by atoms with Crippen molar-refractivity contribution < 1.29 is 18.0 Å². The summed E-state index contributed by atoms with van der Waals surface area (Å²) in [6.45, 7) is 1.50. The zero-order chi connectivity index (χ0) is 14.0. The lowest BCUT2D eigenvalue weighted by Crippen LogP contribution is -2.30. The van der Waals surface area contributed by atoms with Gasteiger partial charge in [0.05, 0.1) is 5.56 Å². The minimum atomic E-state index is -1.61. The third-order valence-corrected chi connectivity index (χ3v) is 3.41. The zero-order valence-electron chi connectivity index (χ0n) is 10.3. The highest BCUT2D eigenvalue weighted by Gasteiger charge is 2.29. The molecule has 1 saturated heterocycles. The topological polar surface area (TPSA) is 46.3 Å². The van der Waals surface area contributed by atoms with Crippen molar-refractivity contribution in [1.82, 2.24) is 4.90 Å². The number of carbonyl (C=O) groups excluding carboxylic acids is 1. The Morgan fingerprint density at radius 3 is 2.74 bits per heavy atom. The average molecular weight is 272 g/mol. The van der Waals surface area contributed by atoms with E-state index >= 15 is 0 Å². The first kappa shape index (κ1) is 13.9. The standard InChI is InChI=1S/C13H15F3N2O/c14-10-2-1-9(11(15)12(10)16)13(19)18-6-4-8(7-18)3-5-17/h1-2,8H,3-7,17H2. The van der Waals surface area contributed by atoms with E-state index in [1.807, 2.05) is 0 Å². The summed E-state index contributed by atoms with van der Waals surface area (Å²) in [6.07, 6.45) is 1.60. The smallest absolute Gasteiger partial charge is 0.256 e. The molecule has 0 saturated carbocycles. The first-order valence-electron chi connectivity index (χ1n) is 6.17. The number of hydrogen-bond donors (Lipinski definition) is 1. The van der Waals surface area contributed by atoms with Crippen LogP contribution in [-0.4, -0.2) is 30.4 Å². The van der Waals surface area contributed by atoms with Gasteiger partial charge >= 0.3 is 0 Å². The average Bonchev–Trinajstić information content (AvgIpc) is 2.85. The second kappa shape index (κ2) is 5.61. The van der Waals surface area contributed by atoms with Gasteiger partial charge in [0, 0.05) is 13.1 Å². The summed E-state index contributed by atoms with van der Waals surface area (Å²) >= 11 is 0. The van der Waals surface area contributed by atoms with Crippen LogP contribution in [0.1, 0.15) is 23.2 Å². The van der Waals surface area contributed by atoms with E-state index in [2.05, 4.69) is 0 Å². The van der Waals surface area contributed by atoms with Gasteiger partial charge in [-0.3, -0.25) is 4.79 Å². The molecule has 0 bridgehead atoms. The quantitative estimate of drug-likeness (QED) is 0.854. The maximum Gasteiger partial charge on any atom is 0.256 e. The van der Waals surface area contributed by atoms with Gasteiger partial charge in [0.1, 0.15) is 0 Å². The Hall–Kier alpha value is -1.56. The molecule has 6 heteroatoms. The lowest BCUT2D eigenvalue weighted by Gasteiger charge is -2.17. The lowest BCUT2D eigenvalue weighted by molar-refractivity contribution is 0.0780. The number of benzene rings is 1. The normalized spacial score (nSPS) is 18.9. The van der Waals surface area contributed by atoms with Crippen LogP contribution in [0.3, 0.4) is 0 Å². The summed E-state index contributed by atoms with van der Waals surface area (Å²) in [5.74, 6) is -4.63. The number of carbonyl (C=O) groups is 1. The second-order valence-corrected chi connectivity index (χ2v) is 4.71. The molecule has 1 fully saturated rings. The van der Waals surface area contributed by atoms with E-state index in [0.717, 1.165) is 25.0 Å². The molecule has 0 aromatic heterocycles. The predicted molar refractivity (Wildman–Crippen MR) is 64.0 cm³/mol. The maximum atomic E-state index is 13.5. The van der Waals surface area contributed by atoms with Gasteiger partial charge in [-0.25, -0.2) is 13.2 Å². The second-order valence-electron chi connectivity index (χ2n) is 4.71. The third-order valence-electron chi connectivity index (χ3n) is 3.41. The molecular formula is C13H15F3N2O. The van der Waals surface area contributed by atoms with Crippen molar-refractivity contribution in [3.8, 4) is 0 Å². The van der Waals surface area contributed by atoms with Crippen molar-refractivity contribution in [2.45, 2.75) is 12.8 Å². The van der Waals surface area contributed by atoms with E-state index in [9.17, 15) is 18.0 Å². The van der Waals surface area contributed by atoms with Crippen LogP contribution >= 0.6 is 0 Å². The molecule has 0 aliphatic carbocycles. The Kier molecular flexibility index (Phi) is 4.09. The van der Waals surface area contributed by atoms with Crippen molar-refractivity contribution in [1.29, 1.82) is 0 Å². The monoisotopic (exact) mass is 272 g/mol. The Morgan fingerprint density at radius 2 is 2.05 bits per heavy atom. The minimum Gasteiger partial charge on any atom is -0.338 e. The fourth-order valence-electron chi connectivity index (χ4n) is 2.35. The summed E-state index contributed by atoms with van der Waals surface area (Å²) in [5.41, 5.74) is 5.02. The fourth-order valence-corrected chi connectivity index (χ4v) is 2.35. The van der Waals surface area contributed by atoms with Crippen molar-refractivity contribution in [3.63, 3.8) is 0 Å². The van der Waals surface area contributed by atoms with Crippen molar-refractivity contribution in [2.24, 2.45) is 11.7 Å². The molecule has 104 valence electrons. The minimum absolute atomic E-state index is 0.294. The third kappa shape index (κ3) is 2.73. The molecule has 1 aromatic rings. The molecule has 1 aliphatic heterocycles. The van der Waals surface area contributed by atoms with Crippen molar-refractivity contribution in [3.05, 3.63) is 35.1 Å². The van der Waals surface area contributed by atoms with Gasteiger partial charge in [-0.1, -0.05) is 0 Å². The van der Waals surface area contributed by atoms with Crippen LogP contribution in [0.2, 0.25) is 0 Å². The van der Waals surface area contributed by atoms with Crippen molar-refractivity contribution >= 4 is 5.91 Å². The van der Waals surface area contributed by atoms with Gasteiger partial charge in [-0.15, -0.1) is 0 Å². The number of halogens is 3. The van der Waals surface area contributed by atoms with Crippen LogP contribution in [0.15, 0.2) is 12.1 Å². The number of nitrogens with two attached hydrogens (primary N) is 1. The molecule has 3 nitrogen and oxygen atoms in total. The highest BCUT2D eigenvalue weighted by atomic mass is 19.2. The van der Waals surface area contributed by atoms with Gasteiger partial charge in [0.15, 0.2) is 17.5 Å². The molecule has 0 spiro atoms. The Bertz CT molecular complexity index is 493. The van der Waals surface area contributed by atoms with Crippen LogP contribution in [0.25, 0.3) is 0 Å². The summed E-state index contributed by atoms with van der Waals surface area (Å²) in [7, 11) is 0. The molecule has 1 amide bonds. The molecule has 1 unspecified atom stereocenters. The summed E-state index contributed by atoms with van der Waals surface area (Å²) in [4.78, 5) is 13.5. The van der Waals surface area contributed by atoms with E-state index in [4.69, 9.17) is 5.73 Å². The zero-order valence-corrected chi connectivity index (χ0v) is 10.3. The van der Waals surface area contributed by atoms with E-state index in [0.29, 0.717) is 25.6 Å². The SMILES string of the molecule is NCCC1CCN(C(=O)c2ccc(F)c(F)c2F)C1. The molecule has 1 aliphatic rings. The number of likely N-dealkylation sites (tertiary alicyclic amines) is 1. The van der Waals surface area contributed by atoms with Gasteiger partial charge in [0.25, 0.3) is 5.91 Å². The first-order valence-corrected chi connectivity index (χ1v) is 6.17. The number of nitrogens with zero attached hydrogens (tertiary/aromatic N) is 1. The van der Waals surface area contributed by atoms with Gasteiger partial charge in [-0.05, 0) is 37.4 Å². The first-order chi connectivity index (χ1) is 9.04. The van der Waals surface area contributed by atoms with Crippen molar-refractivity contribution in [2.75, 3.05) is 19.6 Å². The largest absolute Gasteiger partial charge is 0.338 e. The molecule has 1 aromatic carbocycles. The Balaban J connectivity index is 2.15. The summed E-state index contributed by atoms with van der Waals surface area (Å²) in [6, 6.07) is 1.74. The molecule has 1 heterocycles. The van der Waals surface area contributed by atoms with E-state index < -0.39 is 28.9 Å². The van der Waals surface area contributed by atoms with Crippen LogP contribution in [0.5, 0.6) is 0 Å². The van der Waals surface area contributed by atoms with Crippen LogP contribution in [0.4, 0.5) is 13.2 Å². The molecule has 2 rings (SSSR count). The highest BCUT2D eigenvalue weighted by molar-refractivity contribution is 5.94.